The molecular formula is C14H19N. The maximum atomic E-state index is 4.00. The summed E-state index contributed by atoms with van der Waals surface area (Å²) in [5.41, 5.74) is 3.44. The van der Waals surface area contributed by atoms with Crippen molar-refractivity contribution in [2.75, 3.05) is 0 Å². The third-order valence-electron chi connectivity index (χ3n) is 2.26. The molecule has 1 N–H and O–H groups in total. The average Bonchev–Trinajstić information content (AvgIpc) is 2.27. The van der Waals surface area contributed by atoms with E-state index in [9.17, 15) is 0 Å². The first-order valence-corrected chi connectivity index (χ1v) is 5.40. The Morgan fingerprint density at radius 2 is 2.00 bits per heavy atom. The number of benzene rings is 1. The van der Waals surface area contributed by atoms with Gasteiger partial charge >= 0.3 is 0 Å². The lowest BCUT2D eigenvalue weighted by Crippen LogP contribution is -2.03. The zero-order chi connectivity index (χ0) is 11.1. The van der Waals surface area contributed by atoms with E-state index in [0.717, 1.165) is 17.7 Å². The van der Waals surface area contributed by atoms with E-state index >= 15 is 0 Å². The molecule has 0 radical (unpaired) electrons. The molecule has 0 spiro atoms. The minimum absolute atomic E-state index is 0.950. The van der Waals surface area contributed by atoms with Gasteiger partial charge in [0.1, 0.15) is 0 Å². The standard InChI is InChI=1S/C14H19N/c1-4-8-12(2)11-15-13(3)14-9-6-5-7-10-14/h5-7,9-11,15H,3-4,8H2,1-2H3/b12-11+. The zero-order valence-corrected chi connectivity index (χ0v) is 9.59. The third kappa shape index (κ3) is 4.03. The minimum Gasteiger partial charge on any atom is -0.362 e. The molecule has 0 fully saturated rings. The van der Waals surface area contributed by atoms with Gasteiger partial charge in [0.2, 0.25) is 0 Å². The Morgan fingerprint density at radius 1 is 1.33 bits per heavy atom. The summed E-state index contributed by atoms with van der Waals surface area (Å²) in [6.07, 6.45) is 4.36. The molecule has 0 atom stereocenters. The number of rotatable bonds is 5. The highest BCUT2D eigenvalue weighted by molar-refractivity contribution is 5.62. The topological polar surface area (TPSA) is 12.0 Å². The smallest absolute Gasteiger partial charge is 0.0380 e. The van der Waals surface area contributed by atoms with Crippen LogP contribution in [-0.2, 0) is 0 Å². The molecule has 1 aromatic rings. The first-order chi connectivity index (χ1) is 7.24. The van der Waals surface area contributed by atoms with Gasteiger partial charge in [0.15, 0.2) is 0 Å². The van der Waals surface area contributed by atoms with Crippen LogP contribution in [0.25, 0.3) is 5.70 Å². The Hall–Kier alpha value is -1.50. The monoisotopic (exact) mass is 201 g/mol. The molecule has 0 saturated carbocycles. The first kappa shape index (κ1) is 11.6. The van der Waals surface area contributed by atoms with Crippen LogP contribution in [0.15, 0.2) is 48.7 Å². The van der Waals surface area contributed by atoms with Crippen LogP contribution in [-0.4, -0.2) is 0 Å². The molecule has 0 bridgehead atoms. The van der Waals surface area contributed by atoms with Crippen molar-refractivity contribution in [2.45, 2.75) is 26.7 Å². The Morgan fingerprint density at radius 3 is 2.60 bits per heavy atom. The lowest BCUT2D eigenvalue weighted by molar-refractivity contribution is 0.894. The maximum Gasteiger partial charge on any atom is 0.0380 e. The van der Waals surface area contributed by atoms with Gasteiger partial charge in [-0.1, -0.05) is 55.8 Å². The van der Waals surface area contributed by atoms with Crippen molar-refractivity contribution in [3.05, 3.63) is 54.2 Å². The molecule has 0 saturated heterocycles. The van der Waals surface area contributed by atoms with E-state index in [1.54, 1.807) is 0 Å². The SMILES string of the molecule is C=C(N/C=C(\C)CCC)c1ccccc1. The minimum atomic E-state index is 0.950. The van der Waals surface area contributed by atoms with Crippen LogP contribution in [0.2, 0.25) is 0 Å². The van der Waals surface area contributed by atoms with Gasteiger partial charge in [0, 0.05) is 5.70 Å². The second-order valence-corrected chi connectivity index (χ2v) is 3.73. The van der Waals surface area contributed by atoms with Crippen LogP contribution in [0, 0.1) is 0 Å². The number of allylic oxidation sites excluding steroid dienone is 1. The molecule has 80 valence electrons. The molecule has 0 aliphatic carbocycles. The van der Waals surface area contributed by atoms with Crippen LogP contribution >= 0.6 is 0 Å². The van der Waals surface area contributed by atoms with Crippen molar-refractivity contribution < 1.29 is 0 Å². The number of nitrogens with one attached hydrogen (secondary N) is 1. The Labute approximate surface area is 92.5 Å². The summed E-state index contributed by atoms with van der Waals surface area (Å²) in [5.74, 6) is 0. The van der Waals surface area contributed by atoms with Crippen molar-refractivity contribution >= 4 is 5.70 Å². The van der Waals surface area contributed by atoms with Crippen LogP contribution in [0.5, 0.6) is 0 Å². The molecule has 0 aliphatic rings. The largest absolute Gasteiger partial charge is 0.362 e. The summed E-state index contributed by atoms with van der Waals surface area (Å²) in [4.78, 5) is 0. The molecule has 1 nitrogen and oxygen atoms in total. The third-order valence-corrected chi connectivity index (χ3v) is 2.26. The van der Waals surface area contributed by atoms with Crippen LogP contribution < -0.4 is 5.32 Å². The summed E-state index contributed by atoms with van der Waals surface area (Å²) in [5, 5.41) is 3.23. The summed E-state index contributed by atoms with van der Waals surface area (Å²) in [6, 6.07) is 10.2. The average molecular weight is 201 g/mol. The lowest BCUT2D eigenvalue weighted by Gasteiger charge is -2.06. The number of hydrogen-bond acceptors (Lipinski definition) is 1. The van der Waals surface area contributed by atoms with E-state index in [2.05, 4.69) is 37.9 Å². The van der Waals surface area contributed by atoms with Crippen LogP contribution in [0.3, 0.4) is 0 Å². The maximum absolute atomic E-state index is 4.00. The van der Waals surface area contributed by atoms with E-state index in [1.807, 2.05) is 24.4 Å². The summed E-state index contributed by atoms with van der Waals surface area (Å²) >= 11 is 0. The highest BCUT2D eigenvalue weighted by Crippen LogP contribution is 2.09. The van der Waals surface area contributed by atoms with E-state index in [0.29, 0.717) is 0 Å². The van der Waals surface area contributed by atoms with Crippen LogP contribution in [0.1, 0.15) is 32.3 Å². The van der Waals surface area contributed by atoms with Crippen molar-refractivity contribution in [1.82, 2.24) is 5.32 Å². The zero-order valence-electron chi connectivity index (χ0n) is 9.59. The van der Waals surface area contributed by atoms with Gasteiger partial charge < -0.3 is 5.32 Å². The molecule has 0 heterocycles. The molecule has 1 rings (SSSR count). The Kier molecular flexibility index (Phi) is 4.69. The molecule has 0 aromatic heterocycles. The fraction of sp³-hybridized carbons (Fsp3) is 0.286. The molecule has 0 aliphatic heterocycles. The molecule has 0 unspecified atom stereocenters. The molecule has 0 amide bonds. The lowest BCUT2D eigenvalue weighted by atomic mass is 10.1. The molecular weight excluding hydrogens is 182 g/mol. The van der Waals surface area contributed by atoms with Gasteiger partial charge in [-0.3, -0.25) is 0 Å². The predicted octanol–water partition coefficient (Wildman–Crippen LogP) is 3.95. The van der Waals surface area contributed by atoms with Crippen molar-refractivity contribution in [3.8, 4) is 0 Å². The van der Waals surface area contributed by atoms with Gasteiger partial charge in [0.25, 0.3) is 0 Å². The van der Waals surface area contributed by atoms with Gasteiger partial charge in [-0.05, 0) is 25.1 Å². The van der Waals surface area contributed by atoms with E-state index in [1.165, 1.54) is 12.0 Å². The van der Waals surface area contributed by atoms with Gasteiger partial charge in [-0.2, -0.15) is 0 Å². The molecule has 1 aromatic carbocycles. The first-order valence-electron chi connectivity index (χ1n) is 5.40. The van der Waals surface area contributed by atoms with Gasteiger partial charge in [-0.15, -0.1) is 0 Å². The summed E-state index contributed by atoms with van der Waals surface area (Å²) < 4.78 is 0. The highest BCUT2D eigenvalue weighted by Gasteiger charge is 1.94. The molecule has 1 heteroatoms. The fourth-order valence-corrected chi connectivity index (χ4v) is 1.40. The molecule has 15 heavy (non-hydrogen) atoms. The highest BCUT2D eigenvalue weighted by atomic mass is 14.8. The van der Waals surface area contributed by atoms with E-state index < -0.39 is 0 Å². The normalized spacial score (nSPS) is 11.2. The summed E-state index contributed by atoms with van der Waals surface area (Å²) in [7, 11) is 0. The predicted molar refractivity (Wildman–Crippen MR) is 67.3 cm³/mol. The summed E-state index contributed by atoms with van der Waals surface area (Å²) in [6.45, 7) is 8.32. The van der Waals surface area contributed by atoms with Gasteiger partial charge in [0.05, 0.1) is 0 Å². The van der Waals surface area contributed by atoms with E-state index in [4.69, 9.17) is 0 Å². The Balaban J connectivity index is 2.54. The number of hydrogen-bond donors (Lipinski definition) is 1. The van der Waals surface area contributed by atoms with Gasteiger partial charge in [-0.25, -0.2) is 0 Å². The Bertz CT molecular complexity index is 336. The second-order valence-electron chi connectivity index (χ2n) is 3.73. The van der Waals surface area contributed by atoms with E-state index in [-0.39, 0.29) is 0 Å². The van der Waals surface area contributed by atoms with Crippen molar-refractivity contribution in [2.24, 2.45) is 0 Å². The quantitative estimate of drug-likeness (QED) is 0.760. The van der Waals surface area contributed by atoms with Crippen molar-refractivity contribution in [3.63, 3.8) is 0 Å². The van der Waals surface area contributed by atoms with Crippen molar-refractivity contribution in [1.29, 1.82) is 0 Å². The second kappa shape index (κ2) is 6.07. The van der Waals surface area contributed by atoms with Crippen LogP contribution in [0.4, 0.5) is 0 Å². The fourth-order valence-electron chi connectivity index (χ4n) is 1.40.